The number of nitrogens with zero attached hydrogens (tertiary/aromatic N) is 1. The minimum atomic E-state index is -1.23. The van der Waals surface area contributed by atoms with Crippen molar-refractivity contribution in [3.05, 3.63) is 29.8 Å². The Balaban J connectivity index is 2.15. The number of carbonyl (C=O) groups is 5. The monoisotopic (exact) mass is 463 g/mol. The largest absolute Gasteiger partial charge is 0.508 e. The SMILES string of the molecule is C[C@H](NC(=O)[C@@H](N)CC(N)=O)C(=O)N[C@@H](Cc1ccc(O)cc1)C(=O)N1CCC[C@@H]1C(=O)O. The zero-order valence-corrected chi connectivity index (χ0v) is 18.2. The molecule has 0 unspecified atom stereocenters. The number of benzene rings is 1. The number of aliphatic carboxylic acids is 1. The number of carboxylic acid groups (broad SMARTS) is 1. The maximum atomic E-state index is 13.2. The molecular formula is C21H29N5O7. The number of primary amides is 1. The summed E-state index contributed by atoms with van der Waals surface area (Å²) in [6.07, 6.45) is 0.473. The zero-order chi connectivity index (χ0) is 24.7. The fourth-order valence-electron chi connectivity index (χ4n) is 3.55. The number of likely N-dealkylation sites (tertiary alicyclic amines) is 1. The van der Waals surface area contributed by atoms with Gasteiger partial charge in [0.2, 0.25) is 23.6 Å². The van der Waals surface area contributed by atoms with E-state index in [-0.39, 0.29) is 18.7 Å². The summed E-state index contributed by atoms with van der Waals surface area (Å²) in [5, 5.41) is 23.8. The van der Waals surface area contributed by atoms with Gasteiger partial charge >= 0.3 is 5.97 Å². The maximum absolute atomic E-state index is 13.2. The Morgan fingerprint density at radius 1 is 1.12 bits per heavy atom. The smallest absolute Gasteiger partial charge is 0.326 e. The summed E-state index contributed by atoms with van der Waals surface area (Å²) in [6.45, 7) is 1.62. The molecule has 0 radical (unpaired) electrons. The van der Waals surface area contributed by atoms with Crippen molar-refractivity contribution < 1.29 is 34.2 Å². The number of carboxylic acids is 1. The second-order valence-corrected chi connectivity index (χ2v) is 7.97. The van der Waals surface area contributed by atoms with Gasteiger partial charge in [0.05, 0.1) is 12.5 Å². The fraction of sp³-hybridized carbons (Fsp3) is 0.476. The van der Waals surface area contributed by atoms with Gasteiger partial charge in [-0.3, -0.25) is 19.2 Å². The molecular weight excluding hydrogens is 434 g/mol. The van der Waals surface area contributed by atoms with E-state index in [2.05, 4.69) is 10.6 Å². The first-order valence-corrected chi connectivity index (χ1v) is 10.5. The number of phenols is 1. The lowest BCUT2D eigenvalue weighted by atomic mass is 10.0. The Morgan fingerprint density at radius 3 is 2.33 bits per heavy atom. The summed E-state index contributed by atoms with van der Waals surface area (Å²) >= 11 is 0. The molecule has 2 rings (SSSR count). The molecule has 1 fully saturated rings. The highest BCUT2D eigenvalue weighted by molar-refractivity contribution is 5.95. The van der Waals surface area contributed by atoms with Gasteiger partial charge in [-0.05, 0) is 37.5 Å². The predicted octanol–water partition coefficient (Wildman–Crippen LogP) is -1.80. The first-order chi connectivity index (χ1) is 15.5. The normalized spacial score (nSPS) is 18.1. The number of aromatic hydroxyl groups is 1. The number of nitrogens with two attached hydrogens (primary N) is 2. The third-order valence-corrected chi connectivity index (χ3v) is 5.32. The van der Waals surface area contributed by atoms with Crippen molar-refractivity contribution in [2.45, 2.75) is 56.8 Å². The van der Waals surface area contributed by atoms with Crippen molar-refractivity contribution >= 4 is 29.6 Å². The summed E-state index contributed by atoms with van der Waals surface area (Å²) < 4.78 is 0. The summed E-state index contributed by atoms with van der Waals surface area (Å²) in [7, 11) is 0. The summed E-state index contributed by atoms with van der Waals surface area (Å²) in [5.41, 5.74) is 11.2. The minimum absolute atomic E-state index is 0.0276. The van der Waals surface area contributed by atoms with Gasteiger partial charge in [-0.15, -0.1) is 0 Å². The van der Waals surface area contributed by atoms with Crippen LogP contribution in [0.2, 0.25) is 0 Å². The van der Waals surface area contributed by atoms with Gasteiger partial charge in [0.1, 0.15) is 23.9 Å². The van der Waals surface area contributed by atoms with E-state index in [0.717, 1.165) is 0 Å². The fourth-order valence-corrected chi connectivity index (χ4v) is 3.55. The molecule has 0 spiro atoms. The van der Waals surface area contributed by atoms with Crippen molar-refractivity contribution in [1.82, 2.24) is 15.5 Å². The van der Waals surface area contributed by atoms with Crippen LogP contribution in [0.5, 0.6) is 5.75 Å². The molecule has 33 heavy (non-hydrogen) atoms. The van der Waals surface area contributed by atoms with E-state index in [9.17, 15) is 34.2 Å². The lowest BCUT2D eigenvalue weighted by Crippen LogP contribution is -2.57. The number of nitrogens with one attached hydrogen (secondary N) is 2. The number of hydrogen-bond acceptors (Lipinski definition) is 7. The van der Waals surface area contributed by atoms with E-state index in [0.29, 0.717) is 18.4 Å². The third-order valence-electron chi connectivity index (χ3n) is 5.32. The molecule has 8 N–H and O–H groups in total. The van der Waals surface area contributed by atoms with E-state index in [1.807, 2.05) is 0 Å². The number of rotatable bonds is 10. The number of amides is 4. The molecule has 1 heterocycles. The average Bonchev–Trinajstić information content (AvgIpc) is 3.23. The van der Waals surface area contributed by atoms with Crippen LogP contribution in [0.25, 0.3) is 0 Å². The molecule has 180 valence electrons. The topological polar surface area (TPSA) is 205 Å². The first-order valence-electron chi connectivity index (χ1n) is 10.5. The molecule has 0 bridgehead atoms. The van der Waals surface area contributed by atoms with Gasteiger partial charge in [0.15, 0.2) is 0 Å². The summed E-state index contributed by atoms with van der Waals surface area (Å²) in [5.74, 6) is -3.89. The van der Waals surface area contributed by atoms with Gasteiger partial charge in [-0.1, -0.05) is 12.1 Å². The molecule has 12 heteroatoms. The lowest BCUT2D eigenvalue weighted by Gasteiger charge is -2.28. The highest BCUT2D eigenvalue weighted by Crippen LogP contribution is 2.20. The molecule has 0 saturated carbocycles. The van der Waals surface area contributed by atoms with Gasteiger partial charge in [0.25, 0.3) is 0 Å². The summed E-state index contributed by atoms with van der Waals surface area (Å²) in [6, 6.07) is 1.59. The summed E-state index contributed by atoms with van der Waals surface area (Å²) in [4.78, 5) is 61.7. The number of carbonyl (C=O) groups excluding carboxylic acids is 4. The second kappa shape index (κ2) is 11.3. The Hall–Kier alpha value is -3.67. The highest BCUT2D eigenvalue weighted by atomic mass is 16.4. The lowest BCUT2D eigenvalue weighted by molar-refractivity contribution is -0.149. The molecule has 1 aromatic rings. The molecule has 1 saturated heterocycles. The molecule has 4 atom stereocenters. The second-order valence-electron chi connectivity index (χ2n) is 7.97. The van der Waals surface area contributed by atoms with Crippen LogP contribution in [0, 0.1) is 0 Å². The average molecular weight is 463 g/mol. The van der Waals surface area contributed by atoms with Crippen molar-refractivity contribution in [3.63, 3.8) is 0 Å². The Bertz CT molecular complexity index is 905. The van der Waals surface area contributed by atoms with Gasteiger partial charge < -0.3 is 37.2 Å². The standard InChI is InChI=1S/C21H29N5O7/c1-11(24-19(30)14(22)10-17(23)28)18(29)25-15(9-12-4-6-13(27)7-5-12)20(31)26-8-2-3-16(26)21(32)33/h4-7,11,14-16,27H,2-3,8-10,22H2,1H3,(H2,23,28)(H,24,30)(H,25,29)(H,32,33)/t11-,14-,15-,16+/m0/s1. The van der Waals surface area contributed by atoms with Crippen LogP contribution >= 0.6 is 0 Å². The zero-order valence-electron chi connectivity index (χ0n) is 18.2. The molecule has 1 aliphatic rings. The quantitative estimate of drug-likeness (QED) is 0.233. The van der Waals surface area contributed by atoms with E-state index in [1.54, 1.807) is 12.1 Å². The van der Waals surface area contributed by atoms with E-state index >= 15 is 0 Å². The van der Waals surface area contributed by atoms with Crippen LogP contribution in [0.3, 0.4) is 0 Å². The van der Waals surface area contributed by atoms with Gasteiger partial charge in [0, 0.05) is 13.0 Å². The van der Waals surface area contributed by atoms with Crippen LogP contribution in [0.1, 0.15) is 31.7 Å². The van der Waals surface area contributed by atoms with Crippen LogP contribution in [-0.2, 0) is 30.4 Å². The van der Waals surface area contributed by atoms with Crippen molar-refractivity contribution in [2.75, 3.05) is 6.54 Å². The van der Waals surface area contributed by atoms with Crippen LogP contribution in [-0.4, -0.2) is 75.4 Å². The predicted molar refractivity (Wildman–Crippen MR) is 116 cm³/mol. The Labute approximate surface area is 190 Å². The third kappa shape index (κ3) is 7.17. The van der Waals surface area contributed by atoms with Gasteiger partial charge in [-0.2, -0.15) is 0 Å². The van der Waals surface area contributed by atoms with Crippen LogP contribution in [0.4, 0.5) is 0 Å². The van der Waals surface area contributed by atoms with E-state index < -0.39 is 60.2 Å². The van der Waals surface area contributed by atoms with E-state index in [4.69, 9.17) is 11.5 Å². The molecule has 1 aromatic carbocycles. The molecule has 12 nitrogen and oxygen atoms in total. The highest BCUT2D eigenvalue weighted by Gasteiger charge is 2.38. The van der Waals surface area contributed by atoms with Gasteiger partial charge in [-0.25, -0.2) is 4.79 Å². The Morgan fingerprint density at radius 2 is 1.76 bits per heavy atom. The van der Waals surface area contributed by atoms with E-state index in [1.165, 1.54) is 24.0 Å². The van der Waals surface area contributed by atoms with Crippen molar-refractivity contribution in [2.24, 2.45) is 11.5 Å². The van der Waals surface area contributed by atoms with Crippen LogP contribution < -0.4 is 22.1 Å². The first kappa shape index (κ1) is 25.6. The number of hydrogen-bond donors (Lipinski definition) is 6. The molecule has 4 amide bonds. The number of phenolic OH excluding ortho intramolecular Hbond substituents is 1. The molecule has 0 aromatic heterocycles. The van der Waals surface area contributed by atoms with Crippen LogP contribution in [0.15, 0.2) is 24.3 Å². The Kier molecular flexibility index (Phi) is 8.74. The minimum Gasteiger partial charge on any atom is -0.508 e. The van der Waals surface area contributed by atoms with Crippen molar-refractivity contribution in [1.29, 1.82) is 0 Å². The molecule has 1 aliphatic heterocycles. The maximum Gasteiger partial charge on any atom is 0.326 e. The van der Waals surface area contributed by atoms with Crippen molar-refractivity contribution in [3.8, 4) is 5.75 Å². The molecule has 0 aliphatic carbocycles.